The van der Waals surface area contributed by atoms with Gasteiger partial charge in [-0.1, -0.05) is 6.07 Å². The molecule has 0 spiro atoms. The van der Waals surface area contributed by atoms with Crippen molar-refractivity contribution in [3.05, 3.63) is 41.6 Å². The van der Waals surface area contributed by atoms with E-state index in [4.69, 9.17) is 0 Å². The van der Waals surface area contributed by atoms with Gasteiger partial charge in [-0.05, 0) is 49.1 Å². The van der Waals surface area contributed by atoms with Crippen LogP contribution in [0, 0.1) is 0 Å². The summed E-state index contributed by atoms with van der Waals surface area (Å²) >= 11 is 0. The Hall–Kier alpha value is -3.00. The van der Waals surface area contributed by atoms with Crippen molar-refractivity contribution >= 4 is 29.0 Å². The minimum absolute atomic E-state index is 0.0595. The number of aryl methyl sites for hydroxylation is 2. The van der Waals surface area contributed by atoms with Gasteiger partial charge in [0.2, 0.25) is 11.8 Å². The SMILES string of the molecule is CC(=O)Nc1cccc(NC(=O)CN2CCN(c3cc4c(nn3)CCC4)CC2)c1. The number of benzene rings is 1. The number of nitrogens with zero attached hydrogens (tertiary/aromatic N) is 4. The molecule has 0 saturated carbocycles. The van der Waals surface area contributed by atoms with Gasteiger partial charge in [0.1, 0.15) is 0 Å². The predicted octanol–water partition coefficient (Wildman–Crippen LogP) is 1.68. The van der Waals surface area contributed by atoms with Gasteiger partial charge in [-0.2, -0.15) is 5.10 Å². The molecule has 1 aliphatic carbocycles. The summed E-state index contributed by atoms with van der Waals surface area (Å²) in [7, 11) is 0. The number of anilines is 3. The summed E-state index contributed by atoms with van der Waals surface area (Å²) in [6.45, 7) is 5.07. The molecule has 1 aromatic carbocycles. The Morgan fingerprint density at radius 3 is 2.52 bits per heavy atom. The third-order valence-corrected chi connectivity index (χ3v) is 5.34. The van der Waals surface area contributed by atoms with E-state index in [-0.39, 0.29) is 11.8 Å². The topological polar surface area (TPSA) is 90.5 Å². The molecule has 0 unspecified atom stereocenters. The number of hydrogen-bond acceptors (Lipinski definition) is 6. The molecular weight excluding hydrogens is 368 g/mol. The Morgan fingerprint density at radius 2 is 1.76 bits per heavy atom. The number of rotatable bonds is 5. The smallest absolute Gasteiger partial charge is 0.238 e. The largest absolute Gasteiger partial charge is 0.353 e. The van der Waals surface area contributed by atoms with Gasteiger partial charge in [0.05, 0.1) is 12.2 Å². The van der Waals surface area contributed by atoms with Crippen LogP contribution in [-0.4, -0.2) is 59.6 Å². The monoisotopic (exact) mass is 394 g/mol. The van der Waals surface area contributed by atoms with Crippen molar-refractivity contribution < 1.29 is 9.59 Å². The molecule has 1 aliphatic heterocycles. The molecule has 8 nitrogen and oxygen atoms in total. The lowest BCUT2D eigenvalue weighted by atomic mass is 10.2. The van der Waals surface area contributed by atoms with Crippen LogP contribution in [0.5, 0.6) is 0 Å². The Labute approximate surface area is 170 Å². The maximum atomic E-state index is 12.4. The van der Waals surface area contributed by atoms with Crippen molar-refractivity contribution in [1.29, 1.82) is 0 Å². The van der Waals surface area contributed by atoms with Crippen LogP contribution in [0.3, 0.4) is 0 Å². The number of fused-ring (bicyclic) bond motifs is 1. The molecule has 4 rings (SSSR count). The third kappa shape index (κ3) is 4.89. The van der Waals surface area contributed by atoms with Gasteiger partial charge in [-0.15, -0.1) is 5.10 Å². The summed E-state index contributed by atoms with van der Waals surface area (Å²) in [5.41, 5.74) is 3.82. The van der Waals surface area contributed by atoms with Crippen LogP contribution in [0.15, 0.2) is 30.3 Å². The highest BCUT2D eigenvalue weighted by molar-refractivity contribution is 5.94. The first-order valence-electron chi connectivity index (χ1n) is 10.1. The number of carbonyl (C=O) groups is 2. The lowest BCUT2D eigenvalue weighted by molar-refractivity contribution is -0.117. The summed E-state index contributed by atoms with van der Waals surface area (Å²) in [5, 5.41) is 14.4. The zero-order chi connectivity index (χ0) is 20.2. The van der Waals surface area contributed by atoms with Crippen LogP contribution in [0.1, 0.15) is 24.6 Å². The molecule has 2 heterocycles. The molecule has 2 amide bonds. The lowest BCUT2D eigenvalue weighted by Gasteiger charge is -2.34. The molecule has 2 N–H and O–H groups in total. The summed E-state index contributed by atoms with van der Waals surface area (Å²) in [5.74, 6) is 0.750. The Morgan fingerprint density at radius 1 is 1.00 bits per heavy atom. The summed E-state index contributed by atoms with van der Waals surface area (Å²) in [6, 6.07) is 9.34. The quantitative estimate of drug-likeness (QED) is 0.802. The van der Waals surface area contributed by atoms with E-state index in [1.54, 1.807) is 18.2 Å². The van der Waals surface area contributed by atoms with Gasteiger partial charge in [0, 0.05) is 44.5 Å². The van der Waals surface area contributed by atoms with Gasteiger partial charge < -0.3 is 15.5 Å². The minimum atomic E-state index is -0.139. The van der Waals surface area contributed by atoms with Gasteiger partial charge in [-0.3, -0.25) is 14.5 Å². The van der Waals surface area contributed by atoms with E-state index >= 15 is 0 Å². The molecule has 1 saturated heterocycles. The molecular formula is C21H26N6O2. The highest BCUT2D eigenvalue weighted by atomic mass is 16.2. The maximum Gasteiger partial charge on any atom is 0.238 e. The number of aromatic nitrogens is 2. The number of carbonyl (C=O) groups excluding carboxylic acids is 2. The molecule has 2 aliphatic rings. The second kappa shape index (κ2) is 8.57. The lowest BCUT2D eigenvalue weighted by Crippen LogP contribution is -2.49. The van der Waals surface area contributed by atoms with E-state index in [2.05, 4.69) is 36.7 Å². The van der Waals surface area contributed by atoms with Crippen LogP contribution >= 0.6 is 0 Å². The van der Waals surface area contributed by atoms with Crippen LogP contribution in [-0.2, 0) is 22.4 Å². The fourth-order valence-corrected chi connectivity index (χ4v) is 3.89. The molecule has 29 heavy (non-hydrogen) atoms. The highest BCUT2D eigenvalue weighted by Crippen LogP contribution is 2.23. The van der Waals surface area contributed by atoms with Crippen LogP contribution < -0.4 is 15.5 Å². The Balaban J connectivity index is 1.27. The van der Waals surface area contributed by atoms with Gasteiger partial charge in [-0.25, -0.2) is 0 Å². The minimum Gasteiger partial charge on any atom is -0.353 e. The molecule has 2 aromatic rings. The van der Waals surface area contributed by atoms with E-state index < -0.39 is 0 Å². The van der Waals surface area contributed by atoms with Crippen molar-refractivity contribution in [3.8, 4) is 0 Å². The molecule has 1 fully saturated rings. The van der Waals surface area contributed by atoms with Crippen LogP contribution in [0.25, 0.3) is 0 Å². The zero-order valence-corrected chi connectivity index (χ0v) is 16.6. The third-order valence-electron chi connectivity index (χ3n) is 5.34. The van der Waals surface area contributed by atoms with Crippen LogP contribution in [0.4, 0.5) is 17.2 Å². The van der Waals surface area contributed by atoms with Gasteiger partial charge in [0.15, 0.2) is 5.82 Å². The first-order chi connectivity index (χ1) is 14.1. The first-order valence-corrected chi connectivity index (χ1v) is 10.1. The second-order valence-corrected chi connectivity index (χ2v) is 7.60. The Kier molecular flexibility index (Phi) is 5.71. The van der Waals surface area contributed by atoms with E-state index in [9.17, 15) is 9.59 Å². The fourth-order valence-electron chi connectivity index (χ4n) is 3.89. The first kappa shape index (κ1) is 19.3. The van der Waals surface area contributed by atoms with E-state index in [0.717, 1.165) is 50.5 Å². The van der Waals surface area contributed by atoms with E-state index in [1.165, 1.54) is 18.9 Å². The molecule has 0 radical (unpaired) electrons. The fraction of sp³-hybridized carbons (Fsp3) is 0.429. The average Bonchev–Trinajstić information content (AvgIpc) is 3.16. The van der Waals surface area contributed by atoms with Crippen molar-refractivity contribution in [2.75, 3.05) is 48.3 Å². The molecule has 0 atom stereocenters. The molecule has 152 valence electrons. The predicted molar refractivity (Wildman–Crippen MR) is 112 cm³/mol. The summed E-state index contributed by atoms with van der Waals surface area (Å²) < 4.78 is 0. The van der Waals surface area contributed by atoms with Crippen molar-refractivity contribution in [2.45, 2.75) is 26.2 Å². The maximum absolute atomic E-state index is 12.4. The highest BCUT2D eigenvalue weighted by Gasteiger charge is 2.22. The van der Waals surface area contributed by atoms with Crippen molar-refractivity contribution in [1.82, 2.24) is 15.1 Å². The second-order valence-electron chi connectivity index (χ2n) is 7.60. The zero-order valence-electron chi connectivity index (χ0n) is 16.6. The number of amides is 2. The standard InChI is InChI=1S/C21H26N6O2/c1-15(28)22-17-5-3-6-18(13-17)23-21(29)14-26-8-10-27(11-9-26)20-12-16-4-2-7-19(16)24-25-20/h3,5-6,12-13H,2,4,7-11,14H2,1H3,(H,22,28)(H,23,29). The number of nitrogens with one attached hydrogen (secondary N) is 2. The number of piperazine rings is 1. The summed E-state index contributed by atoms with van der Waals surface area (Å²) in [6.07, 6.45) is 3.31. The molecule has 0 bridgehead atoms. The molecule has 8 heteroatoms. The van der Waals surface area contributed by atoms with Gasteiger partial charge >= 0.3 is 0 Å². The number of hydrogen-bond donors (Lipinski definition) is 2. The normalized spacial score (nSPS) is 16.4. The van der Waals surface area contributed by atoms with Crippen molar-refractivity contribution in [3.63, 3.8) is 0 Å². The van der Waals surface area contributed by atoms with E-state index in [1.807, 2.05) is 6.07 Å². The van der Waals surface area contributed by atoms with E-state index in [0.29, 0.717) is 17.9 Å². The van der Waals surface area contributed by atoms with Gasteiger partial charge in [0.25, 0.3) is 0 Å². The van der Waals surface area contributed by atoms with Crippen molar-refractivity contribution in [2.24, 2.45) is 0 Å². The summed E-state index contributed by atoms with van der Waals surface area (Å²) in [4.78, 5) is 28.0. The van der Waals surface area contributed by atoms with Crippen LogP contribution in [0.2, 0.25) is 0 Å². The average molecular weight is 394 g/mol. The molecule has 1 aromatic heterocycles. The Bertz CT molecular complexity index is 908.